The molecular weight excluding hydrogens is 492 g/mol. The molecule has 4 heterocycles. The quantitative estimate of drug-likeness (QED) is 0.287. The number of hydrogen-bond acceptors (Lipinski definition) is 9. The number of likely N-dealkylation sites (tertiary alicyclic amines) is 1. The van der Waals surface area contributed by atoms with Crippen LogP contribution in [-0.2, 0) is 0 Å². The van der Waals surface area contributed by atoms with Gasteiger partial charge in [-0.05, 0) is 42.9 Å². The molecule has 1 aromatic carbocycles. The first-order valence-electron chi connectivity index (χ1n) is 11.6. The number of carbonyl (C=O) groups excluding carboxylic acids is 1. The summed E-state index contributed by atoms with van der Waals surface area (Å²) in [6, 6.07) is 5.74. The Balaban J connectivity index is 1.08. The first-order chi connectivity index (χ1) is 17.0. The van der Waals surface area contributed by atoms with Crippen molar-refractivity contribution in [1.82, 2.24) is 25.2 Å². The van der Waals surface area contributed by atoms with Crippen LogP contribution in [0.25, 0.3) is 10.2 Å². The van der Waals surface area contributed by atoms with Crippen molar-refractivity contribution in [3.63, 3.8) is 0 Å². The zero-order valence-electron chi connectivity index (χ0n) is 19.1. The second kappa shape index (κ2) is 10.6. The van der Waals surface area contributed by atoms with E-state index in [0.717, 1.165) is 66.4 Å². The van der Waals surface area contributed by atoms with Crippen LogP contribution in [-0.4, -0.2) is 70.8 Å². The second-order valence-corrected chi connectivity index (χ2v) is 11.0. The third-order valence-corrected chi connectivity index (χ3v) is 8.15. The molecule has 0 saturated carbocycles. The Kier molecular flexibility index (Phi) is 7.30. The van der Waals surface area contributed by atoms with Gasteiger partial charge >= 0.3 is 0 Å². The normalized spacial score (nSPS) is 17.1. The van der Waals surface area contributed by atoms with E-state index in [4.69, 9.17) is 0 Å². The van der Waals surface area contributed by atoms with E-state index in [-0.39, 0.29) is 5.91 Å². The highest BCUT2D eigenvalue weighted by atomic mass is 32.2. The van der Waals surface area contributed by atoms with Crippen molar-refractivity contribution in [3.05, 3.63) is 36.2 Å². The Bertz CT molecular complexity index is 1160. The molecule has 12 heteroatoms. The molecule has 8 nitrogen and oxygen atoms in total. The van der Waals surface area contributed by atoms with Crippen LogP contribution in [0, 0.1) is 5.41 Å². The predicted octanol–water partition coefficient (Wildman–Crippen LogP) is 4.14. The third-order valence-electron chi connectivity index (χ3n) is 6.51. The fourth-order valence-corrected chi connectivity index (χ4v) is 5.75. The van der Waals surface area contributed by atoms with Gasteiger partial charge in [-0.2, -0.15) is 8.78 Å². The maximum absolute atomic E-state index is 13.0. The van der Waals surface area contributed by atoms with Crippen molar-refractivity contribution in [1.29, 1.82) is 0 Å². The number of alkyl halides is 2. The molecule has 0 bridgehead atoms. The Morgan fingerprint density at radius 2 is 1.91 bits per heavy atom. The molecular formula is C23H27F2N7OS2. The molecule has 186 valence electrons. The van der Waals surface area contributed by atoms with Crippen molar-refractivity contribution < 1.29 is 13.6 Å². The number of thioether (sulfide) groups is 1. The van der Waals surface area contributed by atoms with Gasteiger partial charge in [-0.1, -0.05) is 23.1 Å². The summed E-state index contributed by atoms with van der Waals surface area (Å²) >= 11 is 1.96. The summed E-state index contributed by atoms with van der Waals surface area (Å²) < 4.78 is 25.7. The predicted molar refractivity (Wildman–Crippen MR) is 136 cm³/mol. The van der Waals surface area contributed by atoms with Crippen molar-refractivity contribution in [2.75, 3.05) is 49.9 Å². The number of rotatable bonds is 9. The lowest BCUT2D eigenvalue weighted by molar-refractivity contribution is 0.0415. The number of benzene rings is 1. The van der Waals surface area contributed by atoms with E-state index in [2.05, 4.69) is 30.9 Å². The van der Waals surface area contributed by atoms with E-state index in [1.165, 1.54) is 23.7 Å². The number of piperidine rings is 1. The molecule has 2 aliphatic heterocycles. The smallest absolute Gasteiger partial charge is 0.289 e. The van der Waals surface area contributed by atoms with Crippen LogP contribution in [0.15, 0.2) is 35.5 Å². The van der Waals surface area contributed by atoms with Crippen LogP contribution in [0.3, 0.4) is 0 Å². The maximum atomic E-state index is 13.0. The Morgan fingerprint density at radius 1 is 1.17 bits per heavy atom. The molecule has 2 aliphatic rings. The molecule has 1 amide bonds. The van der Waals surface area contributed by atoms with Crippen molar-refractivity contribution in [2.45, 2.75) is 29.9 Å². The Labute approximate surface area is 210 Å². The largest absolute Gasteiger partial charge is 0.361 e. The standard InChI is InChI=1S/C23H27F2N7OS2/c24-20(25)34-16-11-29-21(30-12-16)27-6-1-7-28-22-31-17-3-2-15(10-18(17)35-22)19(33)32-8-4-23(5-9-32)13-26-14-23/h2-3,10-12,20,26H,1,4-9,13-14H2,(H,28,31)(H,27,29,30). The molecule has 2 saturated heterocycles. The number of halogens is 2. The molecule has 0 atom stereocenters. The van der Waals surface area contributed by atoms with Gasteiger partial charge in [-0.25, -0.2) is 15.0 Å². The molecule has 2 fully saturated rings. The lowest BCUT2D eigenvalue weighted by Crippen LogP contribution is -2.58. The van der Waals surface area contributed by atoms with E-state index in [1.54, 1.807) is 0 Å². The van der Waals surface area contributed by atoms with Gasteiger partial charge in [-0.3, -0.25) is 4.79 Å². The number of aromatic nitrogens is 3. The number of amides is 1. The highest BCUT2D eigenvalue weighted by molar-refractivity contribution is 7.99. The van der Waals surface area contributed by atoms with Gasteiger partial charge in [0.2, 0.25) is 5.95 Å². The van der Waals surface area contributed by atoms with Crippen molar-refractivity contribution in [3.8, 4) is 0 Å². The van der Waals surface area contributed by atoms with Gasteiger partial charge in [0.1, 0.15) is 0 Å². The monoisotopic (exact) mass is 519 g/mol. The number of fused-ring (bicyclic) bond motifs is 1. The van der Waals surface area contributed by atoms with Crippen LogP contribution >= 0.6 is 23.1 Å². The molecule has 3 N–H and O–H groups in total. The zero-order valence-corrected chi connectivity index (χ0v) is 20.7. The first-order valence-corrected chi connectivity index (χ1v) is 13.3. The highest BCUT2D eigenvalue weighted by Crippen LogP contribution is 2.35. The summed E-state index contributed by atoms with van der Waals surface area (Å²) in [5.74, 6) is -1.97. The van der Waals surface area contributed by atoms with Gasteiger partial charge in [-0.15, -0.1) is 0 Å². The number of thiazole rings is 1. The van der Waals surface area contributed by atoms with Gasteiger partial charge in [0.15, 0.2) is 5.13 Å². The van der Waals surface area contributed by atoms with E-state index in [1.807, 2.05) is 23.1 Å². The first kappa shape index (κ1) is 24.1. The molecule has 35 heavy (non-hydrogen) atoms. The van der Waals surface area contributed by atoms with E-state index in [9.17, 15) is 13.6 Å². The van der Waals surface area contributed by atoms with Gasteiger partial charge in [0.25, 0.3) is 11.7 Å². The van der Waals surface area contributed by atoms with E-state index >= 15 is 0 Å². The minimum absolute atomic E-state index is 0.103. The molecule has 5 rings (SSSR count). The highest BCUT2D eigenvalue weighted by Gasteiger charge is 2.40. The number of hydrogen-bond donors (Lipinski definition) is 3. The lowest BCUT2D eigenvalue weighted by atomic mass is 9.73. The summed E-state index contributed by atoms with van der Waals surface area (Å²) in [6.07, 6.45) is 5.72. The molecule has 0 unspecified atom stereocenters. The molecule has 0 aliphatic carbocycles. The van der Waals surface area contributed by atoms with E-state index < -0.39 is 5.76 Å². The lowest BCUT2D eigenvalue weighted by Gasteiger charge is -2.48. The minimum atomic E-state index is -2.48. The Hall–Kier alpha value is -2.57. The van der Waals surface area contributed by atoms with Crippen LogP contribution in [0.1, 0.15) is 29.6 Å². The zero-order chi connectivity index (χ0) is 24.3. The summed E-state index contributed by atoms with van der Waals surface area (Å²) in [5, 5.41) is 10.6. The van der Waals surface area contributed by atoms with Crippen LogP contribution in [0.5, 0.6) is 0 Å². The SMILES string of the molecule is O=C(c1ccc2nc(NCCCNc3ncc(SC(F)F)cn3)sc2c1)N1CCC2(CC1)CNC2. The topological polar surface area (TPSA) is 95.1 Å². The number of nitrogens with one attached hydrogen (secondary N) is 3. The maximum Gasteiger partial charge on any atom is 0.289 e. The van der Waals surface area contributed by atoms with Crippen LogP contribution < -0.4 is 16.0 Å². The van der Waals surface area contributed by atoms with Gasteiger partial charge in [0.05, 0.1) is 10.2 Å². The number of carbonyl (C=O) groups is 1. The Morgan fingerprint density at radius 3 is 2.60 bits per heavy atom. The fraction of sp³-hybridized carbons (Fsp3) is 0.478. The van der Waals surface area contributed by atoms with Gasteiger partial charge in [0, 0.05) is 62.1 Å². The van der Waals surface area contributed by atoms with E-state index in [0.29, 0.717) is 41.1 Å². The second-order valence-electron chi connectivity index (χ2n) is 8.93. The van der Waals surface area contributed by atoms with Crippen LogP contribution in [0.4, 0.5) is 19.9 Å². The molecule has 3 aromatic rings. The fourth-order valence-electron chi connectivity index (χ4n) is 4.39. The summed E-state index contributed by atoms with van der Waals surface area (Å²) in [6.45, 7) is 5.14. The number of nitrogens with zero attached hydrogens (tertiary/aromatic N) is 4. The number of anilines is 2. The average Bonchev–Trinajstić information content (AvgIpc) is 3.25. The van der Waals surface area contributed by atoms with Gasteiger partial charge < -0.3 is 20.9 Å². The minimum Gasteiger partial charge on any atom is -0.361 e. The summed E-state index contributed by atoms with van der Waals surface area (Å²) in [4.78, 5) is 28.0. The molecule has 2 aromatic heterocycles. The molecule has 0 radical (unpaired) electrons. The van der Waals surface area contributed by atoms with Crippen LogP contribution in [0.2, 0.25) is 0 Å². The van der Waals surface area contributed by atoms with Crippen molar-refractivity contribution >= 4 is 50.3 Å². The summed E-state index contributed by atoms with van der Waals surface area (Å²) in [7, 11) is 0. The summed E-state index contributed by atoms with van der Waals surface area (Å²) in [5.41, 5.74) is 2.01. The molecule has 1 spiro atoms. The van der Waals surface area contributed by atoms with Crippen molar-refractivity contribution in [2.24, 2.45) is 5.41 Å². The third kappa shape index (κ3) is 5.81. The average molecular weight is 520 g/mol.